The van der Waals surface area contributed by atoms with Gasteiger partial charge in [0.05, 0.1) is 0 Å². The lowest BCUT2D eigenvalue weighted by atomic mass is 10.1. The van der Waals surface area contributed by atoms with E-state index in [1.54, 1.807) is 0 Å². The van der Waals surface area contributed by atoms with E-state index in [-0.39, 0.29) is 5.04 Å². The van der Waals surface area contributed by atoms with Gasteiger partial charge in [-0.2, -0.15) is 0 Å². The Kier molecular flexibility index (Phi) is 9.04. The van der Waals surface area contributed by atoms with Crippen LogP contribution in [0.15, 0.2) is 24.2 Å². The molecule has 1 rings (SSSR count). The summed E-state index contributed by atoms with van der Waals surface area (Å²) in [5, 5.41) is 0.198. The highest BCUT2D eigenvalue weighted by Crippen LogP contribution is 2.38. The molecule has 1 aliphatic heterocycles. The van der Waals surface area contributed by atoms with Crippen molar-refractivity contribution >= 4 is 8.32 Å². The van der Waals surface area contributed by atoms with E-state index in [2.05, 4.69) is 52.1 Å². The molecular formula is C20H38O2Si. The van der Waals surface area contributed by atoms with E-state index in [0.29, 0.717) is 6.61 Å². The van der Waals surface area contributed by atoms with E-state index in [1.165, 1.54) is 51.4 Å². The van der Waals surface area contributed by atoms with E-state index in [0.717, 1.165) is 12.4 Å². The molecule has 3 heteroatoms. The maximum absolute atomic E-state index is 6.37. The molecule has 0 spiro atoms. The quantitative estimate of drug-likeness (QED) is 0.401. The van der Waals surface area contributed by atoms with Gasteiger partial charge in [0.2, 0.25) is 0 Å². The molecule has 0 aromatic carbocycles. The van der Waals surface area contributed by atoms with Gasteiger partial charge in [-0.05, 0) is 49.9 Å². The lowest BCUT2D eigenvalue weighted by Crippen LogP contribution is -2.40. The fourth-order valence-electron chi connectivity index (χ4n) is 2.36. The summed E-state index contributed by atoms with van der Waals surface area (Å²) in [5.74, 6) is 0.760. The Labute approximate surface area is 145 Å². The molecule has 0 amide bonds. The van der Waals surface area contributed by atoms with Crippen molar-refractivity contribution < 1.29 is 9.16 Å². The Bertz CT molecular complexity index is 378. The summed E-state index contributed by atoms with van der Waals surface area (Å²) in [7, 11) is -1.83. The van der Waals surface area contributed by atoms with Gasteiger partial charge in [-0.25, -0.2) is 0 Å². The molecule has 0 N–H and O–H groups in total. The van der Waals surface area contributed by atoms with Crippen LogP contribution in [0.2, 0.25) is 18.1 Å². The number of ether oxygens (including phenoxy) is 1. The van der Waals surface area contributed by atoms with Crippen molar-refractivity contribution in [2.75, 3.05) is 6.61 Å². The first-order valence-electron chi connectivity index (χ1n) is 9.50. The fourth-order valence-corrected chi connectivity index (χ4v) is 3.31. The van der Waals surface area contributed by atoms with Gasteiger partial charge in [0, 0.05) is 0 Å². The van der Waals surface area contributed by atoms with Gasteiger partial charge in [-0.1, -0.05) is 65.0 Å². The summed E-state index contributed by atoms with van der Waals surface area (Å²) in [6.45, 7) is 12.0. The summed E-state index contributed by atoms with van der Waals surface area (Å²) >= 11 is 0. The molecule has 0 radical (unpaired) electrons. The minimum absolute atomic E-state index is 0.198. The van der Waals surface area contributed by atoms with E-state index in [9.17, 15) is 0 Å². The van der Waals surface area contributed by atoms with Crippen molar-refractivity contribution in [2.24, 2.45) is 0 Å². The Morgan fingerprint density at radius 3 is 2.04 bits per heavy atom. The molecule has 0 aromatic heterocycles. The molecule has 1 aliphatic rings. The highest BCUT2D eigenvalue weighted by Gasteiger charge is 2.39. The first-order chi connectivity index (χ1) is 10.8. The van der Waals surface area contributed by atoms with Gasteiger partial charge < -0.3 is 9.16 Å². The molecular weight excluding hydrogens is 300 g/mol. The molecule has 0 atom stereocenters. The van der Waals surface area contributed by atoms with Crippen LogP contribution in [-0.2, 0) is 9.16 Å². The highest BCUT2D eigenvalue weighted by molar-refractivity contribution is 6.74. The zero-order valence-corrected chi connectivity index (χ0v) is 17.1. The fraction of sp³-hybridized carbons (Fsp3) is 0.800. The Morgan fingerprint density at radius 1 is 0.870 bits per heavy atom. The molecule has 2 nitrogen and oxygen atoms in total. The predicted octanol–water partition coefficient (Wildman–Crippen LogP) is 6.95. The predicted molar refractivity (Wildman–Crippen MR) is 103 cm³/mol. The number of hydrogen-bond acceptors (Lipinski definition) is 2. The third-order valence-electron chi connectivity index (χ3n) is 5.04. The van der Waals surface area contributed by atoms with E-state index >= 15 is 0 Å². The van der Waals surface area contributed by atoms with Crippen LogP contribution in [0.4, 0.5) is 0 Å². The summed E-state index contributed by atoms with van der Waals surface area (Å²) in [5.41, 5.74) is 0. The van der Waals surface area contributed by atoms with Crippen molar-refractivity contribution in [1.82, 2.24) is 0 Å². The summed E-state index contributed by atoms with van der Waals surface area (Å²) in [4.78, 5) is 0. The molecule has 1 heterocycles. The molecule has 134 valence electrons. The summed E-state index contributed by atoms with van der Waals surface area (Å²) in [6.07, 6.45) is 18.2. The average molecular weight is 339 g/mol. The first-order valence-corrected chi connectivity index (χ1v) is 12.4. The van der Waals surface area contributed by atoms with Crippen molar-refractivity contribution in [3.63, 3.8) is 0 Å². The topological polar surface area (TPSA) is 18.5 Å². The first kappa shape index (κ1) is 20.3. The van der Waals surface area contributed by atoms with Gasteiger partial charge in [0.15, 0.2) is 0 Å². The molecule has 0 unspecified atom stereocenters. The van der Waals surface area contributed by atoms with Gasteiger partial charge in [0.25, 0.3) is 14.3 Å². The van der Waals surface area contributed by atoms with Crippen LogP contribution >= 0.6 is 0 Å². The van der Waals surface area contributed by atoms with Crippen molar-refractivity contribution in [2.45, 2.75) is 96.7 Å². The van der Waals surface area contributed by atoms with E-state index in [1.807, 2.05) is 0 Å². The zero-order valence-electron chi connectivity index (χ0n) is 16.1. The molecule has 0 saturated carbocycles. The molecule has 23 heavy (non-hydrogen) atoms. The number of hydrogen-bond donors (Lipinski definition) is 0. The van der Waals surface area contributed by atoms with Gasteiger partial charge in [-0.15, -0.1) is 0 Å². The zero-order chi connectivity index (χ0) is 17.2. The minimum atomic E-state index is -1.83. The van der Waals surface area contributed by atoms with Crippen molar-refractivity contribution in [3.8, 4) is 0 Å². The Balaban J connectivity index is 2.65. The van der Waals surface area contributed by atoms with Crippen LogP contribution in [0.5, 0.6) is 0 Å². The Morgan fingerprint density at radius 2 is 1.43 bits per heavy atom. The molecule has 0 fully saturated rings. The maximum atomic E-state index is 6.37. The monoisotopic (exact) mass is 338 g/mol. The van der Waals surface area contributed by atoms with Crippen molar-refractivity contribution in [3.05, 3.63) is 24.2 Å². The van der Waals surface area contributed by atoms with E-state index in [4.69, 9.17) is 9.16 Å². The minimum Gasteiger partial charge on any atom is -0.519 e. The smallest absolute Gasteiger partial charge is 0.261 e. The van der Waals surface area contributed by atoms with Crippen LogP contribution in [0.3, 0.4) is 0 Å². The van der Waals surface area contributed by atoms with E-state index < -0.39 is 8.32 Å². The normalized spacial score (nSPS) is 23.6. The third-order valence-corrected chi connectivity index (χ3v) is 9.36. The third kappa shape index (κ3) is 8.64. The van der Waals surface area contributed by atoms with Gasteiger partial charge >= 0.3 is 0 Å². The molecule has 0 bridgehead atoms. The lowest BCUT2D eigenvalue weighted by molar-refractivity contribution is 0.115. The second-order valence-corrected chi connectivity index (χ2v) is 12.9. The van der Waals surface area contributed by atoms with Crippen LogP contribution in [0.25, 0.3) is 0 Å². The molecule has 0 aliphatic carbocycles. The highest BCUT2D eigenvalue weighted by atomic mass is 28.4. The van der Waals surface area contributed by atoms with Gasteiger partial charge in [-0.3, -0.25) is 0 Å². The van der Waals surface area contributed by atoms with Crippen LogP contribution < -0.4 is 0 Å². The average Bonchev–Trinajstić information content (AvgIpc) is 2.45. The number of allylic oxidation sites excluding steroid dienone is 2. The van der Waals surface area contributed by atoms with Crippen LogP contribution in [-0.4, -0.2) is 14.9 Å². The lowest BCUT2D eigenvalue weighted by Gasteiger charge is -2.36. The largest absolute Gasteiger partial charge is 0.519 e. The maximum Gasteiger partial charge on any atom is 0.261 e. The molecule has 0 saturated heterocycles. The summed E-state index contributed by atoms with van der Waals surface area (Å²) in [6, 6.07) is 0. The van der Waals surface area contributed by atoms with Crippen molar-refractivity contribution in [1.29, 1.82) is 0 Å². The second kappa shape index (κ2) is 10.2. The summed E-state index contributed by atoms with van der Waals surface area (Å²) < 4.78 is 12.3. The van der Waals surface area contributed by atoms with Crippen LogP contribution in [0.1, 0.15) is 78.6 Å². The van der Waals surface area contributed by atoms with Gasteiger partial charge in [0.1, 0.15) is 6.61 Å². The second-order valence-electron chi connectivity index (χ2n) is 8.22. The Hall–Kier alpha value is -0.703. The standard InChI is InChI=1S/C20H38O2Si/c1-20(2,3)23(4,5)22-19-17-15-13-11-9-7-6-8-10-12-14-16-18-21-19/h14,16-17H,6-13,15,18H2,1-5H3/b16-14-,19-17+. The van der Waals surface area contributed by atoms with Crippen LogP contribution in [0, 0.1) is 0 Å². The number of rotatable bonds is 2. The molecule has 0 aromatic rings. The SMILES string of the molecule is CC(C)(C)[Si](C)(C)O/C1=C/CCCCCCCCC/C=C\CO1.